The standard InChI is InChI=1S/C34H33F3N6O/c1-24-9-6-10-25(2)31(24)43-33(38-39-40-43)32(30-17-16-29(44-30)27-14-7-15-28(23-27)34(35,36)37)42-21-19-41(20-22-42)18-8-13-26-11-4-3-5-12-26/h3-17,23,32H,18-22H2,1-2H3. The van der Waals surface area contributed by atoms with E-state index in [1.54, 1.807) is 16.8 Å². The van der Waals surface area contributed by atoms with Crippen molar-refractivity contribution in [3.63, 3.8) is 0 Å². The van der Waals surface area contributed by atoms with Crippen molar-refractivity contribution in [3.8, 4) is 17.0 Å². The lowest BCUT2D eigenvalue weighted by Gasteiger charge is -2.37. The van der Waals surface area contributed by atoms with E-state index in [-0.39, 0.29) is 0 Å². The van der Waals surface area contributed by atoms with Gasteiger partial charge in [0, 0.05) is 38.3 Å². The highest BCUT2D eigenvalue weighted by molar-refractivity contribution is 5.59. The number of hydrogen-bond acceptors (Lipinski definition) is 6. The summed E-state index contributed by atoms with van der Waals surface area (Å²) in [7, 11) is 0. The highest BCUT2D eigenvalue weighted by Gasteiger charge is 2.34. The van der Waals surface area contributed by atoms with Gasteiger partial charge in [-0.1, -0.05) is 72.8 Å². The van der Waals surface area contributed by atoms with Gasteiger partial charge in [0.1, 0.15) is 17.6 Å². The van der Waals surface area contributed by atoms with Gasteiger partial charge in [-0.15, -0.1) is 5.10 Å². The van der Waals surface area contributed by atoms with Crippen LogP contribution < -0.4 is 0 Å². The van der Waals surface area contributed by atoms with Crippen molar-refractivity contribution in [1.82, 2.24) is 30.0 Å². The van der Waals surface area contributed by atoms with Gasteiger partial charge in [0.15, 0.2) is 5.82 Å². The molecule has 3 heterocycles. The number of benzene rings is 3. The number of alkyl halides is 3. The molecule has 0 amide bonds. The summed E-state index contributed by atoms with van der Waals surface area (Å²) in [6, 6.07) is 24.5. The van der Waals surface area contributed by atoms with E-state index in [1.165, 1.54) is 11.6 Å². The molecule has 226 valence electrons. The molecule has 1 saturated heterocycles. The molecule has 0 saturated carbocycles. The van der Waals surface area contributed by atoms with Crippen molar-refractivity contribution in [3.05, 3.63) is 125 Å². The van der Waals surface area contributed by atoms with Crippen molar-refractivity contribution in [2.24, 2.45) is 0 Å². The molecule has 44 heavy (non-hydrogen) atoms. The van der Waals surface area contributed by atoms with Crippen LogP contribution in [0.4, 0.5) is 13.2 Å². The van der Waals surface area contributed by atoms with Gasteiger partial charge < -0.3 is 4.42 Å². The van der Waals surface area contributed by atoms with Crippen LogP contribution in [0.25, 0.3) is 23.1 Å². The summed E-state index contributed by atoms with van der Waals surface area (Å²) in [4.78, 5) is 4.67. The average Bonchev–Trinajstić information content (AvgIpc) is 3.69. The predicted molar refractivity (Wildman–Crippen MR) is 163 cm³/mol. The summed E-state index contributed by atoms with van der Waals surface area (Å²) in [5.74, 6) is 1.51. The van der Waals surface area contributed by atoms with Crippen LogP contribution in [0, 0.1) is 13.8 Å². The van der Waals surface area contributed by atoms with E-state index in [0.29, 0.717) is 22.9 Å². The van der Waals surface area contributed by atoms with Crippen molar-refractivity contribution >= 4 is 6.08 Å². The summed E-state index contributed by atoms with van der Waals surface area (Å²) >= 11 is 0. The molecule has 7 nitrogen and oxygen atoms in total. The van der Waals surface area contributed by atoms with Crippen molar-refractivity contribution in [2.75, 3.05) is 32.7 Å². The third-order valence-electron chi connectivity index (χ3n) is 8.01. The Balaban J connectivity index is 1.30. The predicted octanol–water partition coefficient (Wildman–Crippen LogP) is 6.98. The topological polar surface area (TPSA) is 63.2 Å². The molecular formula is C34H33F3N6O. The number of furan rings is 1. The zero-order valence-electron chi connectivity index (χ0n) is 24.6. The second-order valence-corrected chi connectivity index (χ2v) is 11.0. The van der Waals surface area contributed by atoms with Crippen LogP contribution in [0.5, 0.6) is 0 Å². The number of nitrogens with zero attached hydrogens (tertiary/aromatic N) is 6. The minimum atomic E-state index is -4.45. The van der Waals surface area contributed by atoms with Gasteiger partial charge in [0.2, 0.25) is 0 Å². The molecule has 2 aromatic heterocycles. The van der Waals surface area contributed by atoms with Gasteiger partial charge in [-0.05, 0) is 65.2 Å². The summed E-state index contributed by atoms with van der Waals surface area (Å²) in [6.07, 6.45) is -0.138. The lowest BCUT2D eigenvalue weighted by molar-refractivity contribution is -0.137. The molecule has 3 aromatic carbocycles. The maximum atomic E-state index is 13.4. The summed E-state index contributed by atoms with van der Waals surface area (Å²) in [5.41, 5.74) is 3.74. The Morgan fingerprint density at radius 1 is 0.864 bits per heavy atom. The zero-order chi connectivity index (χ0) is 30.7. The highest BCUT2D eigenvalue weighted by Crippen LogP contribution is 2.36. The fraction of sp³-hybridized carbons (Fsp3) is 0.265. The Bertz CT molecular complexity index is 1720. The quantitative estimate of drug-likeness (QED) is 0.192. The molecule has 0 N–H and O–H groups in total. The Morgan fingerprint density at radius 2 is 1.59 bits per heavy atom. The lowest BCUT2D eigenvalue weighted by atomic mass is 10.1. The fourth-order valence-corrected chi connectivity index (χ4v) is 5.74. The fourth-order valence-electron chi connectivity index (χ4n) is 5.74. The van der Waals surface area contributed by atoms with E-state index in [0.717, 1.165) is 61.7 Å². The van der Waals surface area contributed by atoms with E-state index < -0.39 is 17.8 Å². The molecule has 1 unspecified atom stereocenters. The minimum Gasteiger partial charge on any atom is -0.459 e. The van der Waals surface area contributed by atoms with Gasteiger partial charge in [-0.3, -0.25) is 9.80 Å². The number of rotatable bonds is 8. The molecule has 0 bridgehead atoms. The maximum absolute atomic E-state index is 13.4. The molecular weight excluding hydrogens is 565 g/mol. The maximum Gasteiger partial charge on any atom is 0.416 e. The Hall–Kier alpha value is -4.54. The van der Waals surface area contributed by atoms with Gasteiger partial charge in [-0.25, -0.2) is 0 Å². The number of hydrogen-bond donors (Lipinski definition) is 0. The second-order valence-electron chi connectivity index (χ2n) is 11.0. The zero-order valence-corrected chi connectivity index (χ0v) is 24.6. The van der Waals surface area contributed by atoms with Crippen molar-refractivity contribution in [2.45, 2.75) is 26.1 Å². The summed E-state index contributed by atoms with van der Waals surface area (Å²) in [5, 5.41) is 12.9. The summed E-state index contributed by atoms with van der Waals surface area (Å²) < 4.78 is 48.4. The number of aryl methyl sites for hydroxylation is 2. The van der Waals surface area contributed by atoms with Gasteiger partial charge in [0.05, 0.1) is 11.3 Å². The van der Waals surface area contributed by atoms with Crippen LogP contribution in [-0.2, 0) is 6.18 Å². The Labute approximate surface area is 254 Å². The van der Waals surface area contributed by atoms with E-state index in [1.807, 2.05) is 56.3 Å². The highest BCUT2D eigenvalue weighted by atomic mass is 19.4. The molecule has 1 fully saturated rings. The third-order valence-corrected chi connectivity index (χ3v) is 8.01. The molecule has 6 rings (SSSR count). The largest absolute Gasteiger partial charge is 0.459 e. The van der Waals surface area contributed by atoms with E-state index in [9.17, 15) is 13.2 Å². The average molecular weight is 599 g/mol. The molecule has 0 spiro atoms. The third kappa shape index (κ3) is 6.36. The summed E-state index contributed by atoms with van der Waals surface area (Å²) in [6.45, 7) is 7.95. The normalized spacial score (nSPS) is 15.7. The molecule has 10 heteroatoms. The van der Waals surface area contributed by atoms with E-state index >= 15 is 0 Å². The van der Waals surface area contributed by atoms with Crippen LogP contribution in [-0.4, -0.2) is 62.7 Å². The van der Waals surface area contributed by atoms with Gasteiger partial charge in [0.25, 0.3) is 0 Å². The smallest absolute Gasteiger partial charge is 0.416 e. The number of aromatic nitrogens is 4. The molecule has 0 radical (unpaired) electrons. The lowest BCUT2D eigenvalue weighted by Crippen LogP contribution is -2.48. The number of para-hydroxylation sites is 1. The van der Waals surface area contributed by atoms with E-state index in [4.69, 9.17) is 4.42 Å². The van der Waals surface area contributed by atoms with Crippen molar-refractivity contribution in [1.29, 1.82) is 0 Å². The number of halogens is 3. The minimum absolute atomic E-state index is 0.354. The van der Waals surface area contributed by atoms with Gasteiger partial charge >= 0.3 is 6.18 Å². The van der Waals surface area contributed by atoms with Crippen LogP contribution in [0.3, 0.4) is 0 Å². The van der Waals surface area contributed by atoms with Crippen LogP contribution in [0.2, 0.25) is 0 Å². The molecule has 5 aromatic rings. The molecule has 1 aliphatic heterocycles. The SMILES string of the molecule is Cc1cccc(C)c1-n1nnnc1C(c1ccc(-c2cccc(C(F)(F)F)c2)o1)N1CCN(CC=Cc2ccccc2)CC1. The van der Waals surface area contributed by atoms with Crippen molar-refractivity contribution < 1.29 is 17.6 Å². The Kier molecular flexibility index (Phi) is 8.45. The monoisotopic (exact) mass is 598 g/mol. The first kappa shape index (κ1) is 29.5. The number of tetrazole rings is 1. The molecule has 1 aliphatic rings. The molecule has 0 aliphatic carbocycles. The Morgan fingerprint density at radius 3 is 2.32 bits per heavy atom. The van der Waals surface area contributed by atoms with Gasteiger partial charge in [-0.2, -0.15) is 17.9 Å². The second kappa shape index (κ2) is 12.6. The first-order valence-electron chi connectivity index (χ1n) is 14.6. The van der Waals surface area contributed by atoms with E-state index in [2.05, 4.69) is 49.6 Å². The first-order valence-corrected chi connectivity index (χ1v) is 14.6. The van der Waals surface area contributed by atoms with Crippen LogP contribution in [0.15, 0.2) is 95.4 Å². The number of piperazine rings is 1. The molecule has 1 atom stereocenters. The first-order chi connectivity index (χ1) is 21.3. The van der Waals surface area contributed by atoms with Crippen LogP contribution >= 0.6 is 0 Å². The van der Waals surface area contributed by atoms with Crippen LogP contribution in [0.1, 0.15) is 39.9 Å².